The summed E-state index contributed by atoms with van der Waals surface area (Å²) in [5.74, 6) is 0.159. The number of hydrogen-bond acceptors (Lipinski definition) is 1. The molecule has 0 saturated carbocycles. The van der Waals surface area contributed by atoms with E-state index in [0.29, 0.717) is 0 Å². The summed E-state index contributed by atoms with van der Waals surface area (Å²) in [6.07, 6.45) is 8.97. The van der Waals surface area contributed by atoms with Gasteiger partial charge >= 0.3 is 0 Å². The van der Waals surface area contributed by atoms with Crippen molar-refractivity contribution in [2.75, 3.05) is 4.90 Å². The molecule has 1 nitrogen and oxygen atoms in total. The molecular formula is C67H49N. The molecule has 0 N–H and O–H groups in total. The minimum absolute atomic E-state index is 0.159. The van der Waals surface area contributed by atoms with Gasteiger partial charge in [-0.15, -0.1) is 0 Å². The zero-order valence-electron chi connectivity index (χ0n) is 37.8. The molecule has 2 atom stereocenters. The molecule has 0 fully saturated rings. The predicted octanol–water partition coefficient (Wildman–Crippen LogP) is 16.8. The number of allylic oxidation sites excluding steroid dienone is 2. The Morgan fingerprint density at radius 2 is 1.04 bits per heavy atom. The highest BCUT2D eigenvalue weighted by Gasteiger charge is 2.48. The van der Waals surface area contributed by atoms with Gasteiger partial charge in [-0.3, -0.25) is 0 Å². The van der Waals surface area contributed by atoms with Crippen LogP contribution in [0.3, 0.4) is 0 Å². The van der Waals surface area contributed by atoms with Gasteiger partial charge in [-0.25, -0.2) is 0 Å². The maximum Gasteiger partial charge on any atom is 0.0716 e. The van der Waals surface area contributed by atoms with E-state index in [-0.39, 0.29) is 12.0 Å². The summed E-state index contributed by atoms with van der Waals surface area (Å²) in [5, 5.41) is 2.51. The van der Waals surface area contributed by atoms with Crippen LogP contribution in [0.4, 0.5) is 11.4 Å². The molecule has 0 amide bonds. The van der Waals surface area contributed by atoms with Crippen LogP contribution in [-0.2, 0) is 11.8 Å². The zero-order valence-corrected chi connectivity index (χ0v) is 37.8. The van der Waals surface area contributed by atoms with Gasteiger partial charge in [-0.1, -0.05) is 231 Å². The van der Waals surface area contributed by atoms with Crippen LogP contribution < -0.4 is 4.90 Å². The molecule has 0 aromatic heterocycles. The number of fused-ring (bicyclic) bond motifs is 7. The molecule has 2 unspecified atom stereocenters. The number of para-hydroxylation sites is 1. The Morgan fingerprint density at radius 3 is 1.82 bits per heavy atom. The predicted molar refractivity (Wildman–Crippen MR) is 285 cm³/mol. The van der Waals surface area contributed by atoms with E-state index in [2.05, 4.69) is 266 Å². The van der Waals surface area contributed by atoms with Crippen molar-refractivity contribution in [3.05, 3.63) is 305 Å². The maximum absolute atomic E-state index is 2.49. The van der Waals surface area contributed by atoms with Gasteiger partial charge in [0.05, 0.1) is 11.5 Å². The summed E-state index contributed by atoms with van der Waals surface area (Å²) in [6.45, 7) is 0. The van der Waals surface area contributed by atoms with Gasteiger partial charge in [0.1, 0.15) is 0 Å². The Balaban J connectivity index is 0.864. The number of nitrogens with zero attached hydrogens (tertiary/aromatic N) is 1. The van der Waals surface area contributed by atoms with E-state index in [1.54, 1.807) is 0 Å². The first kappa shape index (κ1) is 40.1. The fraction of sp³-hybridized carbons (Fsp3) is 0.0746. The number of rotatable bonds is 8. The van der Waals surface area contributed by atoms with Crippen LogP contribution in [0.2, 0.25) is 0 Å². The molecule has 3 aliphatic rings. The second kappa shape index (κ2) is 16.6. The van der Waals surface area contributed by atoms with E-state index in [0.717, 1.165) is 12.8 Å². The Bertz CT molecular complexity index is 3540. The fourth-order valence-corrected chi connectivity index (χ4v) is 12.0. The smallest absolute Gasteiger partial charge is 0.0716 e. The summed E-state index contributed by atoms with van der Waals surface area (Å²) < 4.78 is 0. The van der Waals surface area contributed by atoms with Crippen LogP contribution in [0.25, 0.3) is 49.7 Å². The molecular weight excluding hydrogens is 819 g/mol. The third-order valence-electron chi connectivity index (χ3n) is 15.0. The van der Waals surface area contributed by atoms with E-state index in [9.17, 15) is 0 Å². The van der Waals surface area contributed by atoms with Gasteiger partial charge in [-0.05, 0) is 137 Å². The first-order valence-corrected chi connectivity index (χ1v) is 24.1. The highest BCUT2D eigenvalue weighted by atomic mass is 15.2. The molecule has 0 radical (unpaired) electrons. The number of anilines is 2. The minimum atomic E-state index is -0.471. The van der Waals surface area contributed by atoms with Crippen LogP contribution in [0.1, 0.15) is 56.8 Å². The molecule has 13 rings (SSSR count). The highest BCUT2D eigenvalue weighted by Crippen LogP contribution is 2.59. The van der Waals surface area contributed by atoms with Gasteiger partial charge in [0.25, 0.3) is 0 Å². The number of benzene rings is 10. The molecule has 322 valence electrons. The highest BCUT2D eigenvalue weighted by molar-refractivity contribution is 5.90. The quantitative estimate of drug-likeness (QED) is 0.147. The lowest BCUT2D eigenvalue weighted by atomic mass is 9.64. The summed E-state index contributed by atoms with van der Waals surface area (Å²) in [4.78, 5) is 2.48. The average Bonchev–Trinajstić information content (AvgIpc) is 3.73. The molecule has 0 aliphatic heterocycles. The van der Waals surface area contributed by atoms with Crippen molar-refractivity contribution < 1.29 is 0 Å². The van der Waals surface area contributed by atoms with E-state index < -0.39 is 5.41 Å². The first-order chi connectivity index (χ1) is 33.7. The van der Waals surface area contributed by atoms with Crippen LogP contribution in [-0.4, -0.2) is 6.04 Å². The van der Waals surface area contributed by atoms with Crippen molar-refractivity contribution in [2.24, 2.45) is 0 Å². The summed E-state index contributed by atoms with van der Waals surface area (Å²) in [5.41, 5.74) is 21.8. The Hall–Kier alpha value is -8.26. The third-order valence-corrected chi connectivity index (χ3v) is 15.0. The monoisotopic (exact) mass is 867 g/mol. The molecule has 0 saturated heterocycles. The van der Waals surface area contributed by atoms with E-state index in [1.807, 2.05) is 0 Å². The molecule has 0 bridgehead atoms. The van der Waals surface area contributed by atoms with Crippen molar-refractivity contribution in [1.82, 2.24) is 0 Å². The third kappa shape index (κ3) is 6.53. The van der Waals surface area contributed by atoms with Crippen molar-refractivity contribution in [2.45, 2.75) is 30.2 Å². The summed E-state index contributed by atoms with van der Waals surface area (Å²) in [6, 6.07) is 90.7. The van der Waals surface area contributed by atoms with Gasteiger partial charge in [0.2, 0.25) is 0 Å². The standard InChI is InChI=1S/C67H49N/c1-4-22-53(23-5-1)67(54-24-6-2-7-25-54)65-33-15-14-30-61(65)62-31-17-32-63(66(62)67)64-45-52-43-51(37-41-58(52)59-28-12-13-29-60(59)64)49-21-16-20-48(42-49)47-34-38-56(39-35-47)68(55-26-8-3-9-27-55)57-40-36-46-18-10-11-19-50(46)44-57/h1-38,40-44,56,64H,39,45H2. The normalized spacial score (nSPS) is 16.3. The van der Waals surface area contributed by atoms with Crippen LogP contribution in [0.5, 0.6) is 0 Å². The molecule has 0 spiro atoms. The van der Waals surface area contributed by atoms with Crippen LogP contribution >= 0.6 is 0 Å². The molecule has 10 aromatic carbocycles. The van der Waals surface area contributed by atoms with E-state index >= 15 is 0 Å². The lowest BCUT2D eigenvalue weighted by Crippen LogP contribution is -2.30. The SMILES string of the molecule is C1=CC(N(c2ccccc2)c2ccc3ccccc3c2)CC=C1c1cccc(-c2ccc3c(c2)CC(c2cccc4c2C(c2ccccc2)(c2ccccc2)c2ccccc2-4)c2ccccc2-3)c1. The minimum Gasteiger partial charge on any atom is -0.334 e. The average molecular weight is 868 g/mol. The largest absolute Gasteiger partial charge is 0.334 e. The second-order valence-corrected chi connectivity index (χ2v) is 18.7. The fourth-order valence-electron chi connectivity index (χ4n) is 12.0. The van der Waals surface area contributed by atoms with Crippen molar-refractivity contribution in [3.8, 4) is 33.4 Å². The second-order valence-electron chi connectivity index (χ2n) is 18.7. The van der Waals surface area contributed by atoms with Crippen LogP contribution in [0.15, 0.2) is 261 Å². The molecule has 3 aliphatic carbocycles. The van der Waals surface area contributed by atoms with Gasteiger partial charge in [0.15, 0.2) is 0 Å². The van der Waals surface area contributed by atoms with Gasteiger partial charge in [-0.2, -0.15) is 0 Å². The Kier molecular flexibility index (Phi) is 9.75. The van der Waals surface area contributed by atoms with E-state index in [1.165, 1.54) is 106 Å². The topological polar surface area (TPSA) is 3.24 Å². The summed E-state index contributed by atoms with van der Waals surface area (Å²) in [7, 11) is 0. The van der Waals surface area contributed by atoms with Gasteiger partial charge in [0, 0.05) is 17.3 Å². The molecule has 1 heteroatoms. The lowest BCUT2D eigenvalue weighted by Gasteiger charge is -2.38. The molecule has 10 aromatic rings. The Morgan fingerprint density at radius 1 is 0.412 bits per heavy atom. The summed E-state index contributed by atoms with van der Waals surface area (Å²) >= 11 is 0. The number of hydrogen-bond donors (Lipinski definition) is 0. The first-order valence-electron chi connectivity index (χ1n) is 24.1. The lowest BCUT2D eigenvalue weighted by molar-refractivity contribution is 0.718. The van der Waals surface area contributed by atoms with Crippen LogP contribution in [0, 0.1) is 0 Å². The van der Waals surface area contributed by atoms with Gasteiger partial charge < -0.3 is 4.90 Å². The molecule has 0 heterocycles. The molecule has 68 heavy (non-hydrogen) atoms. The van der Waals surface area contributed by atoms with Crippen molar-refractivity contribution >= 4 is 27.7 Å². The Labute approximate surface area is 399 Å². The maximum atomic E-state index is 2.49. The zero-order chi connectivity index (χ0) is 45.0. The van der Waals surface area contributed by atoms with E-state index in [4.69, 9.17) is 0 Å². The van der Waals surface area contributed by atoms with Crippen molar-refractivity contribution in [3.63, 3.8) is 0 Å². The van der Waals surface area contributed by atoms with Crippen molar-refractivity contribution in [1.29, 1.82) is 0 Å².